The molecule has 0 fully saturated rings. The molecule has 0 aromatic heterocycles. The van der Waals surface area contributed by atoms with Crippen LogP contribution in [0.1, 0.15) is 26.2 Å². The van der Waals surface area contributed by atoms with Crippen molar-refractivity contribution in [3.63, 3.8) is 0 Å². The summed E-state index contributed by atoms with van der Waals surface area (Å²) in [6, 6.07) is 0. The summed E-state index contributed by atoms with van der Waals surface area (Å²) in [7, 11) is 0. The third-order valence-corrected chi connectivity index (χ3v) is 3.31. The molecule has 0 bridgehead atoms. The lowest BCUT2D eigenvalue weighted by atomic mass is 10.0. The number of rotatable bonds is 8. The van der Waals surface area contributed by atoms with E-state index in [1.54, 1.807) is 6.92 Å². The summed E-state index contributed by atoms with van der Waals surface area (Å²) >= 11 is 0.712. The zero-order valence-electron chi connectivity index (χ0n) is 9.95. The average Bonchev–Trinajstić information content (AvgIpc) is 2.32. The predicted molar refractivity (Wildman–Crippen MR) is 57.8 cm³/mol. The number of thioether (sulfide) groups is 1. The lowest BCUT2D eigenvalue weighted by Gasteiger charge is -2.26. The van der Waals surface area contributed by atoms with E-state index < -0.39 is 37.3 Å². The Morgan fingerprint density at radius 3 is 2.11 bits per heavy atom. The highest BCUT2D eigenvalue weighted by Crippen LogP contribution is 2.40. The third kappa shape index (κ3) is 5.58. The van der Waals surface area contributed by atoms with Crippen molar-refractivity contribution in [3.8, 4) is 0 Å². The fourth-order valence-electron chi connectivity index (χ4n) is 1.11. The molecule has 1 unspecified atom stereocenters. The maximum atomic E-state index is 13.0. The van der Waals surface area contributed by atoms with Gasteiger partial charge in [0.1, 0.15) is 0 Å². The van der Waals surface area contributed by atoms with Crippen LogP contribution in [-0.2, 0) is 4.79 Å². The van der Waals surface area contributed by atoms with Crippen LogP contribution in [0.4, 0.5) is 30.7 Å². The van der Waals surface area contributed by atoms with Crippen LogP contribution >= 0.6 is 11.8 Å². The Balaban J connectivity index is 4.34. The average molecular weight is 314 g/mol. The molecule has 0 amide bonds. The van der Waals surface area contributed by atoms with Crippen LogP contribution in [-0.4, -0.2) is 35.3 Å². The normalized spacial score (nSPS) is 14.8. The minimum atomic E-state index is -5.39. The monoisotopic (exact) mass is 314 g/mol. The highest BCUT2D eigenvalue weighted by atomic mass is 32.2. The zero-order valence-corrected chi connectivity index (χ0v) is 10.8. The van der Waals surface area contributed by atoms with Crippen molar-refractivity contribution in [1.29, 1.82) is 0 Å². The molecule has 0 aliphatic heterocycles. The Morgan fingerprint density at radius 1 is 1.16 bits per heavy atom. The topological polar surface area (TPSA) is 17.1 Å². The molecule has 0 radical (unpaired) electrons. The second kappa shape index (κ2) is 7.35. The smallest absolute Gasteiger partial charge is 0.287 e. The number of carbonyl (C=O) groups excluding carboxylic acids is 1. The highest BCUT2D eigenvalue weighted by molar-refractivity contribution is 8.13. The third-order valence-electron chi connectivity index (χ3n) is 2.21. The summed E-state index contributed by atoms with van der Waals surface area (Å²) in [4.78, 5) is 10.8. The lowest BCUT2D eigenvalue weighted by molar-refractivity contribution is -0.232. The van der Waals surface area contributed by atoms with Gasteiger partial charge in [-0.15, -0.1) is 0 Å². The molecule has 0 aliphatic rings. The van der Waals surface area contributed by atoms with E-state index in [2.05, 4.69) is 0 Å². The van der Waals surface area contributed by atoms with Crippen molar-refractivity contribution >= 4 is 16.9 Å². The van der Waals surface area contributed by atoms with Gasteiger partial charge in [-0.25, -0.2) is 22.0 Å². The van der Waals surface area contributed by atoms with Crippen LogP contribution in [0, 0.1) is 0 Å². The maximum absolute atomic E-state index is 13.0. The zero-order chi connectivity index (χ0) is 15.3. The summed E-state index contributed by atoms with van der Waals surface area (Å²) in [6.07, 6.45) is -10.3. The van der Waals surface area contributed by atoms with Gasteiger partial charge in [0.15, 0.2) is 5.12 Å². The summed E-state index contributed by atoms with van der Waals surface area (Å²) in [5.74, 6) is -10.1. The molecule has 0 aliphatic carbocycles. The van der Waals surface area contributed by atoms with Crippen LogP contribution in [0.15, 0.2) is 0 Å². The van der Waals surface area contributed by atoms with Gasteiger partial charge in [0.05, 0.1) is 0 Å². The Kier molecular flexibility index (Phi) is 7.17. The molecule has 9 heteroatoms. The van der Waals surface area contributed by atoms with Crippen molar-refractivity contribution in [2.45, 2.75) is 50.6 Å². The summed E-state index contributed by atoms with van der Waals surface area (Å²) < 4.78 is 87.3. The summed E-state index contributed by atoms with van der Waals surface area (Å²) in [5, 5.41) is -0.280. The van der Waals surface area contributed by atoms with Crippen molar-refractivity contribution in [1.82, 2.24) is 0 Å². The van der Waals surface area contributed by atoms with Crippen molar-refractivity contribution < 1.29 is 35.5 Å². The van der Waals surface area contributed by atoms with Gasteiger partial charge in [0.25, 0.3) is 5.92 Å². The minimum Gasteiger partial charge on any atom is -0.287 e. The van der Waals surface area contributed by atoms with E-state index in [4.69, 9.17) is 0 Å². The van der Waals surface area contributed by atoms with Crippen LogP contribution in [0.2, 0.25) is 0 Å². The quantitative estimate of drug-likeness (QED) is 0.490. The first-order chi connectivity index (χ1) is 8.55. The van der Waals surface area contributed by atoms with Gasteiger partial charge in [-0.2, -0.15) is 8.78 Å². The largest absolute Gasteiger partial charge is 0.343 e. The van der Waals surface area contributed by atoms with E-state index in [-0.39, 0.29) is 17.3 Å². The standard InChI is InChI=1S/C10H13F7OS/c1-2-6(18)19-5-3-4-9(14,15)7(11)10(16,17)8(12)13/h7-8H,2-5H2,1H3. The van der Waals surface area contributed by atoms with Crippen molar-refractivity contribution in [3.05, 3.63) is 0 Å². The van der Waals surface area contributed by atoms with E-state index in [0.29, 0.717) is 11.8 Å². The minimum absolute atomic E-state index is 0.102. The molecule has 114 valence electrons. The molecule has 0 heterocycles. The van der Waals surface area contributed by atoms with Crippen LogP contribution in [0.25, 0.3) is 0 Å². The summed E-state index contributed by atoms with van der Waals surface area (Å²) in [5.41, 5.74) is 0. The van der Waals surface area contributed by atoms with E-state index >= 15 is 0 Å². The van der Waals surface area contributed by atoms with E-state index in [1.165, 1.54) is 0 Å². The number of carbonyl (C=O) groups is 1. The fourth-order valence-corrected chi connectivity index (χ4v) is 1.84. The SMILES string of the molecule is CCC(=O)SCCCC(F)(F)C(F)C(F)(F)C(F)F. The first kappa shape index (κ1) is 18.5. The number of hydrogen-bond donors (Lipinski definition) is 0. The molecule has 1 atom stereocenters. The second-order valence-electron chi connectivity index (χ2n) is 3.78. The first-order valence-corrected chi connectivity index (χ1v) is 6.37. The molecule has 0 N–H and O–H groups in total. The fraction of sp³-hybridized carbons (Fsp3) is 0.900. The van der Waals surface area contributed by atoms with Gasteiger partial charge >= 0.3 is 12.3 Å². The molecular weight excluding hydrogens is 301 g/mol. The number of halogens is 7. The molecule has 0 saturated carbocycles. The van der Waals surface area contributed by atoms with Crippen molar-refractivity contribution in [2.24, 2.45) is 0 Å². The van der Waals surface area contributed by atoms with Crippen LogP contribution in [0.3, 0.4) is 0 Å². The van der Waals surface area contributed by atoms with E-state index in [9.17, 15) is 35.5 Å². The number of alkyl halides is 7. The molecular formula is C10H13F7OS. The van der Waals surface area contributed by atoms with Gasteiger partial charge in [-0.3, -0.25) is 4.79 Å². The molecule has 0 spiro atoms. The van der Waals surface area contributed by atoms with Crippen molar-refractivity contribution in [2.75, 3.05) is 5.75 Å². The second-order valence-corrected chi connectivity index (χ2v) is 4.93. The molecule has 0 aromatic carbocycles. The van der Waals surface area contributed by atoms with Gasteiger partial charge < -0.3 is 0 Å². The Hall–Kier alpha value is -0.470. The Morgan fingerprint density at radius 2 is 1.68 bits per heavy atom. The molecule has 19 heavy (non-hydrogen) atoms. The van der Waals surface area contributed by atoms with E-state index in [0.717, 1.165) is 0 Å². The maximum Gasteiger partial charge on any atom is 0.343 e. The Bertz CT molecular complexity index is 296. The van der Waals surface area contributed by atoms with Crippen LogP contribution < -0.4 is 0 Å². The van der Waals surface area contributed by atoms with Crippen LogP contribution in [0.5, 0.6) is 0 Å². The van der Waals surface area contributed by atoms with E-state index in [1.807, 2.05) is 0 Å². The van der Waals surface area contributed by atoms with Gasteiger partial charge in [-0.1, -0.05) is 18.7 Å². The molecule has 0 saturated heterocycles. The number of hydrogen-bond acceptors (Lipinski definition) is 2. The predicted octanol–water partition coefficient (Wildman–Crippen LogP) is 4.31. The molecule has 0 rings (SSSR count). The van der Waals surface area contributed by atoms with Gasteiger partial charge in [0.2, 0.25) is 6.17 Å². The lowest BCUT2D eigenvalue weighted by Crippen LogP contribution is -2.48. The summed E-state index contributed by atoms with van der Waals surface area (Å²) in [6.45, 7) is 1.55. The molecule has 0 aromatic rings. The molecule has 1 nitrogen and oxygen atoms in total. The highest BCUT2D eigenvalue weighted by Gasteiger charge is 2.60. The first-order valence-electron chi connectivity index (χ1n) is 5.39. The van der Waals surface area contributed by atoms with Gasteiger partial charge in [-0.05, 0) is 6.42 Å². The van der Waals surface area contributed by atoms with Gasteiger partial charge in [0, 0.05) is 18.6 Å². The Labute approximate surface area is 109 Å².